The van der Waals surface area contributed by atoms with E-state index in [2.05, 4.69) is 10.2 Å². The van der Waals surface area contributed by atoms with Crippen LogP contribution in [0.5, 0.6) is 0 Å². The van der Waals surface area contributed by atoms with E-state index in [9.17, 15) is 9.59 Å². The summed E-state index contributed by atoms with van der Waals surface area (Å²) in [7, 11) is 1.41. The minimum absolute atomic E-state index is 0.0512. The predicted molar refractivity (Wildman–Crippen MR) is 84.6 cm³/mol. The number of nitrogens with zero attached hydrogens (tertiary/aromatic N) is 2. The lowest BCUT2D eigenvalue weighted by molar-refractivity contribution is -0.129. The smallest absolute Gasteiger partial charge is 0.409 e. The monoisotopic (exact) mass is 311 g/mol. The van der Waals surface area contributed by atoms with E-state index in [0.29, 0.717) is 19.0 Å². The highest BCUT2D eigenvalue weighted by Crippen LogP contribution is 2.31. The van der Waals surface area contributed by atoms with Crippen LogP contribution < -0.4 is 5.32 Å². The van der Waals surface area contributed by atoms with Gasteiger partial charge in [-0.25, -0.2) is 4.79 Å². The third kappa shape index (κ3) is 4.12. The van der Waals surface area contributed by atoms with Crippen molar-refractivity contribution in [1.82, 2.24) is 15.1 Å². The number of methoxy groups -OCH3 is 1. The molecule has 0 aromatic rings. The van der Waals surface area contributed by atoms with Gasteiger partial charge in [-0.05, 0) is 32.6 Å². The van der Waals surface area contributed by atoms with Gasteiger partial charge in [0.15, 0.2) is 0 Å². The minimum Gasteiger partial charge on any atom is -0.453 e. The topological polar surface area (TPSA) is 61.9 Å². The van der Waals surface area contributed by atoms with Crippen LogP contribution in [0.3, 0.4) is 0 Å². The minimum atomic E-state index is -0.274. The van der Waals surface area contributed by atoms with E-state index in [1.54, 1.807) is 4.90 Å². The van der Waals surface area contributed by atoms with E-state index >= 15 is 0 Å². The molecule has 1 N–H and O–H groups in total. The van der Waals surface area contributed by atoms with E-state index in [1.807, 2.05) is 13.8 Å². The fraction of sp³-hybridized carbons (Fsp3) is 0.875. The number of hydrogen-bond donors (Lipinski definition) is 1. The molecule has 2 aliphatic rings. The number of hydrogen-bond acceptors (Lipinski definition) is 4. The zero-order valence-electron chi connectivity index (χ0n) is 14.0. The fourth-order valence-electron chi connectivity index (χ4n) is 3.63. The highest BCUT2D eigenvalue weighted by Gasteiger charge is 2.37. The summed E-state index contributed by atoms with van der Waals surface area (Å²) in [5.41, 5.74) is 0. The molecule has 0 bridgehead atoms. The van der Waals surface area contributed by atoms with E-state index < -0.39 is 0 Å². The number of rotatable bonds is 4. The quantitative estimate of drug-likeness (QED) is 0.854. The Hall–Kier alpha value is -1.30. The molecule has 2 fully saturated rings. The van der Waals surface area contributed by atoms with Gasteiger partial charge in [0.25, 0.3) is 0 Å². The molecular formula is C16H29N3O3. The van der Waals surface area contributed by atoms with Gasteiger partial charge in [-0.15, -0.1) is 0 Å². The molecule has 0 aromatic heterocycles. The summed E-state index contributed by atoms with van der Waals surface area (Å²) in [5.74, 6) is 0.594. The molecule has 1 heterocycles. The molecule has 2 amide bonds. The van der Waals surface area contributed by atoms with Crippen LogP contribution >= 0.6 is 0 Å². The third-order valence-electron chi connectivity index (χ3n) is 4.69. The Bertz CT molecular complexity index is 386. The first kappa shape index (κ1) is 17.1. The van der Waals surface area contributed by atoms with Crippen molar-refractivity contribution in [2.75, 3.05) is 33.3 Å². The first-order valence-corrected chi connectivity index (χ1v) is 8.40. The number of carbonyl (C=O) groups excluding carboxylic acids is 2. The number of piperazine rings is 1. The van der Waals surface area contributed by atoms with Crippen molar-refractivity contribution in [3.8, 4) is 0 Å². The molecule has 0 radical (unpaired) electrons. The lowest BCUT2D eigenvalue weighted by Crippen LogP contribution is -2.58. The largest absolute Gasteiger partial charge is 0.453 e. The summed E-state index contributed by atoms with van der Waals surface area (Å²) in [4.78, 5) is 28.2. The Morgan fingerprint density at radius 3 is 2.18 bits per heavy atom. The van der Waals surface area contributed by atoms with Gasteiger partial charge in [-0.1, -0.05) is 12.8 Å². The van der Waals surface area contributed by atoms with Crippen LogP contribution in [-0.4, -0.2) is 67.2 Å². The Morgan fingerprint density at radius 1 is 1.09 bits per heavy atom. The van der Waals surface area contributed by atoms with Crippen molar-refractivity contribution in [3.63, 3.8) is 0 Å². The summed E-state index contributed by atoms with van der Waals surface area (Å²) < 4.78 is 4.77. The SMILES string of the molecule is COC(=O)N1CCN(C(C(=O)NC(C)C)C2CCCC2)CC1. The number of carbonyl (C=O) groups is 2. The summed E-state index contributed by atoms with van der Waals surface area (Å²) in [6.45, 7) is 6.73. The molecule has 6 nitrogen and oxygen atoms in total. The first-order chi connectivity index (χ1) is 10.5. The normalized spacial score (nSPS) is 21.9. The molecule has 6 heteroatoms. The van der Waals surface area contributed by atoms with Crippen LogP contribution in [0.25, 0.3) is 0 Å². The molecular weight excluding hydrogens is 282 g/mol. The summed E-state index contributed by atoms with van der Waals surface area (Å²) in [6.07, 6.45) is 4.43. The van der Waals surface area contributed by atoms with Crippen molar-refractivity contribution in [3.05, 3.63) is 0 Å². The summed E-state index contributed by atoms with van der Waals surface area (Å²) in [6, 6.07) is 0.109. The van der Waals surface area contributed by atoms with Gasteiger partial charge in [0.05, 0.1) is 13.2 Å². The number of amides is 2. The molecule has 1 atom stereocenters. The van der Waals surface area contributed by atoms with Crippen LogP contribution in [0, 0.1) is 5.92 Å². The van der Waals surface area contributed by atoms with Gasteiger partial charge in [-0.2, -0.15) is 0 Å². The molecule has 1 aliphatic carbocycles. The van der Waals surface area contributed by atoms with Crippen molar-refractivity contribution < 1.29 is 14.3 Å². The second-order valence-electron chi connectivity index (χ2n) is 6.65. The molecule has 1 saturated carbocycles. The second kappa shape index (κ2) is 7.81. The van der Waals surface area contributed by atoms with Gasteiger partial charge >= 0.3 is 6.09 Å². The second-order valence-corrected chi connectivity index (χ2v) is 6.65. The van der Waals surface area contributed by atoms with Gasteiger partial charge in [0.1, 0.15) is 0 Å². The van der Waals surface area contributed by atoms with Crippen LogP contribution in [0.2, 0.25) is 0 Å². The Kier molecular flexibility index (Phi) is 6.06. The molecule has 0 aromatic carbocycles. The molecule has 1 saturated heterocycles. The van der Waals surface area contributed by atoms with E-state index in [4.69, 9.17) is 4.74 Å². The zero-order valence-corrected chi connectivity index (χ0v) is 14.0. The zero-order chi connectivity index (χ0) is 16.1. The molecule has 2 rings (SSSR count). The van der Waals surface area contributed by atoms with Gasteiger partial charge in [0.2, 0.25) is 5.91 Å². The van der Waals surface area contributed by atoms with E-state index in [-0.39, 0.29) is 24.1 Å². The summed E-state index contributed by atoms with van der Waals surface area (Å²) >= 11 is 0. The van der Waals surface area contributed by atoms with Crippen LogP contribution in [0.1, 0.15) is 39.5 Å². The maximum atomic E-state index is 12.7. The predicted octanol–water partition coefficient (Wildman–Crippen LogP) is 1.45. The van der Waals surface area contributed by atoms with Crippen molar-refractivity contribution in [1.29, 1.82) is 0 Å². The maximum absolute atomic E-state index is 12.7. The molecule has 1 aliphatic heterocycles. The van der Waals surface area contributed by atoms with Crippen molar-refractivity contribution >= 4 is 12.0 Å². The van der Waals surface area contributed by atoms with Crippen LogP contribution in [0.4, 0.5) is 4.79 Å². The van der Waals surface area contributed by atoms with E-state index in [1.165, 1.54) is 20.0 Å². The Morgan fingerprint density at radius 2 is 1.68 bits per heavy atom. The Labute approximate surface area is 133 Å². The fourth-order valence-corrected chi connectivity index (χ4v) is 3.63. The highest BCUT2D eigenvalue weighted by molar-refractivity contribution is 5.82. The van der Waals surface area contributed by atoms with Gasteiger partial charge in [0, 0.05) is 32.2 Å². The Balaban J connectivity index is 2.00. The van der Waals surface area contributed by atoms with Gasteiger partial charge in [-0.3, -0.25) is 9.69 Å². The molecule has 22 heavy (non-hydrogen) atoms. The maximum Gasteiger partial charge on any atom is 0.409 e. The lowest BCUT2D eigenvalue weighted by Gasteiger charge is -2.40. The van der Waals surface area contributed by atoms with Crippen LogP contribution in [-0.2, 0) is 9.53 Å². The molecule has 0 spiro atoms. The molecule has 1 unspecified atom stereocenters. The van der Waals surface area contributed by atoms with Crippen molar-refractivity contribution in [2.24, 2.45) is 5.92 Å². The summed E-state index contributed by atoms with van der Waals surface area (Å²) in [5, 5.41) is 3.08. The van der Waals surface area contributed by atoms with Crippen molar-refractivity contribution in [2.45, 2.75) is 51.6 Å². The number of ether oxygens (including phenoxy) is 1. The first-order valence-electron chi connectivity index (χ1n) is 8.40. The average molecular weight is 311 g/mol. The van der Waals surface area contributed by atoms with E-state index in [0.717, 1.165) is 25.9 Å². The molecule has 126 valence electrons. The van der Waals surface area contributed by atoms with Crippen LogP contribution in [0.15, 0.2) is 0 Å². The third-order valence-corrected chi connectivity index (χ3v) is 4.69. The average Bonchev–Trinajstić information content (AvgIpc) is 3.00. The lowest BCUT2D eigenvalue weighted by atomic mass is 9.94. The standard InChI is InChI=1S/C16H29N3O3/c1-12(2)17-15(20)14(13-6-4-5-7-13)18-8-10-19(11-9-18)16(21)22-3/h12-14H,4-11H2,1-3H3,(H,17,20). The number of nitrogens with one attached hydrogen (secondary N) is 1. The highest BCUT2D eigenvalue weighted by atomic mass is 16.5. The van der Waals surface area contributed by atoms with Gasteiger partial charge < -0.3 is 15.0 Å².